The molecule has 8 nitrogen and oxygen atoms in total. The van der Waals surface area contributed by atoms with Crippen LogP contribution in [0.25, 0.3) is 0 Å². The van der Waals surface area contributed by atoms with Gasteiger partial charge >= 0.3 is 5.97 Å². The molecule has 0 unspecified atom stereocenters. The van der Waals surface area contributed by atoms with Gasteiger partial charge in [-0.1, -0.05) is 32.0 Å². The molecule has 0 fully saturated rings. The van der Waals surface area contributed by atoms with Gasteiger partial charge < -0.3 is 23.7 Å². The van der Waals surface area contributed by atoms with Gasteiger partial charge in [0.1, 0.15) is 36.1 Å². The summed E-state index contributed by atoms with van der Waals surface area (Å²) in [4.78, 5) is 20.2. The fraction of sp³-hybridized carbons (Fsp3) is 0.444. The number of benzene rings is 2. The zero-order chi connectivity index (χ0) is 25.3. The van der Waals surface area contributed by atoms with Gasteiger partial charge in [0.15, 0.2) is 0 Å². The van der Waals surface area contributed by atoms with E-state index in [4.69, 9.17) is 23.7 Å². The Bertz CT molecular complexity index is 943. The van der Waals surface area contributed by atoms with Crippen molar-refractivity contribution in [2.45, 2.75) is 33.2 Å². The van der Waals surface area contributed by atoms with Crippen molar-refractivity contribution in [2.24, 2.45) is 9.98 Å². The monoisotopic (exact) mass is 484 g/mol. The second kappa shape index (κ2) is 16.4. The molecule has 0 aliphatic carbocycles. The lowest BCUT2D eigenvalue weighted by Gasteiger charge is -2.12. The number of esters is 1. The molecular formula is C27H36N2O6. The first-order valence-corrected chi connectivity index (χ1v) is 11.8. The van der Waals surface area contributed by atoms with Crippen LogP contribution in [0.2, 0.25) is 0 Å². The molecule has 2 aromatic rings. The number of nitrogens with zero attached hydrogens (tertiary/aromatic N) is 2. The molecule has 2 aromatic carbocycles. The Morgan fingerprint density at radius 3 is 2.09 bits per heavy atom. The average Bonchev–Trinajstić information content (AvgIpc) is 2.90. The molecule has 8 heteroatoms. The maximum absolute atomic E-state index is 11.9. The van der Waals surface area contributed by atoms with Crippen LogP contribution in [0.1, 0.15) is 41.8 Å². The summed E-state index contributed by atoms with van der Waals surface area (Å²) in [5.41, 5.74) is 2.58. The zero-order valence-corrected chi connectivity index (χ0v) is 21.0. The zero-order valence-electron chi connectivity index (χ0n) is 21.0. The van der Waals surface area contributed by atoms with E-state index in [1.54, 1.807) is 6.07 Å². The molecule has 0 heterocycles. The van der Waals surface area contributed by atoms with E-state index < -0.39 is 5.97 Å². The van der Waals surface area contributed by atoms with Crippen LogP contribution < -0.4 is 9.47 Å². The van der Waals surface area contributed by atoms with E-state index in [0.717, 1.165) is 35.6 Å². The molecule has 0 aliphatic rings. The third-order valence-corrected chi connectivity index (χ3v) is 5.08. The van der Waals surface area contributed by atoms with Crippen LogP contribution in [0.5, 0.6) is 11.5 Å². The summed E-state index contributed by atoms with van der Waals surface area (Å²) in [5.74, 6) is 1.63. The van der Waals surface area contributed by atoms with Gasteiger partial charge in [-0.2, -0.15) is 0 Å². The van der Waals surface area contributed by atoms with Gasteiger partial charge in [0.2, 0.25) is 0 Å². The predicted octanol–water partition coefficient (Wildman–Crippen LogP) is 4.54. The van der Waals surface area contributed by atoms with Crippen LogP contribution in [0.3, 0.4) is 0 Å². The number of amidine groups is 1. The summed E-state index contributed by atoms with van der Waals surface area (Å²) in [5, 5.41) is 0. The molecule has 0 bridgehead atoms. The molecule has 2 rings (SSSR count). The maximum atomic E-state index is 11.9. The SMILES string of the molecule is C=NC(CC)=NCc1ccc(OCCOCCOCCOc2cc(CC)ccc2C(=O)OC)cc1. The van der Waals surface area contributed by atoms with Gasteiger partial charge in [0, 0.05) is 6.42 Å². The standard InChI is InChI=1S/C27H36N2O6/c1-5-21-9-12-24(27(30)31-4)25(19-21)35-18-16-33-14-13-32-15-17-34-23-10-7-22(8-11-23)20-29-26(6-2)28-3/h7-12,19H,3,5-6,13-18,20H2,1-2,4H3. The molecule has 0 aromatic heterocycles. The first kappa shape index (κ1) is 28.0. The molecule has 0 saturated heterocycles. The van der Waals surface area contributed by atoms with E-state index in [-0.39, 0.29) is 0 Å². The number of carbonyl (C=O) groups is 1. The number of aliphatic imine (C=N–C) groups is 2. The van der Waals surface area contributed by atoms with Crippen molar-refractivity contribution in [3.8, 4) is 11.5 Å². The fourth-order valence-corrected chi connectivity index (χ4v) is 3.08. The van der Waals surface area contributed by atoms with Crippen LogP contribution in [0.4, 0.5) is 0 Å². The predicted molar refractivity (Wildman–Crippen MR) is 137 cm³/mol. The van der Waals surface area contributed by atoms with Crippen LogP contribution in [-0.2, 0) is 27.2 Å². The summed E-state index contributed by atoms with van der Waals surface area (Å²) in [6, 6.07) is 13.3. The third-order valence-electron chi connectivity index (χ3n) is 5.08. The lowest BCUT2D eigenvalue weighted by molar-refractivity contribution is 0.0271. The number of rotatable bonds is 16. The topological polar surface area (TPSA) is 87.9 Å². The highest BCUT2D eigenvalue weighted by Crippen LogP contribution is 2.22. The Balaban J connectivity index is 1.56. The highest BCUT2D eigenvalue weighted by Gasteiger charge is 2.13. The lowest BCUT2D eigenvalue weighted by Crippen LogP contribution is -2.14. The molecule has 0 atom stereocenters. The van der Waals surface area contributed by atoms with Gasteiger partial charge in [-0.05, 0) is 48.5 Å². The van der Waals surface area contributed by atoms with Crippen LogP contribution in [0.15, 0.2) is 52.4 Å². The first-order chi connectivity index (χ1) is 17.1. The molecular weight excluding hydrogens is 448 g/mol. The van der Waals surface area contributed by atoms with Gasteiger partial charge in [0.25, 0.3) is 0 Å². The van der Waals surface area contributed by atoms with Crippen molar-refractivity contribution in [1.29, 1.82) is 0 Å². The molecule has 35 heavy (non-hydrogen) atoms. The summed E-state index contributed by atoms with van der Waals surface area (Å²) >= 11 is 0. The van der Waals surface area contributed by atoms with Crippen LogP contribution in [0, 0.1) is 0 Å². The van der Waals surface area contributed by atoms with Crippen molar-refractivity contribution in [2.75, 3.05) is 46.8 Å². The Hall–Kier alpha value is -3.23. The summed E-state index contributed by atoms with van der Waals surface area (Å²) in [6.07, 6.45) is 1.62. The van der Waals surface area contributed by atoms with Crippen molar-refractivity contribution in [1.82, 2.24) is 0 Å². The van der Waals surface area contributed by atoms with Crippen molar-refractivity contribution >= 4 is 18.5 Å². The lowest BCUT2D eigenvalue weighted by atomic mass is 10.1. The number of ether oxygens (including phenoxy) is 5. The average molecular weight is 485 g/mol. The number of hydrogen-bond acceptors (Lipinski definition) is 7. The maximum Gasteiger partial charge on any atom is 0.341 e. The molecule has 0 amide bonds. The minimum absolute atomic E-state index is 0.325. The van der Waals surface area contributed by atoms with Gasteiger partial charge in [-0.25, -0.2) is 9.79 Å². The summed E-state index contributed by atoms with van der Waals surface area (Å²) in [7, 11) is 1.35. The molecule has 0 radical (unpaired) electrons. The van der Waals surface area contributed by atoms with E-state index in [1.807, 2.05) is 50.2 Å². The van der Waals surface area contributed by atoms with E-state index in [9.17, 15) is 4.79 Å². The Kier molecular flexibility index (Phi) is 13.1. The number of carbonyl (C=O) groups excluding carboxylic acids is 1. The van der Waals surface area contributed by atoms with Gasteiger partial charge in [-0.15, -0.1) is 0 Å². The highest BCUT2D eigenvalue weighted by atomic mass is 16.6. The molecule has 0 aliphatic heterocycles. The van der Waals surface area contributed by atoms with Crippen molar-refractivity contribution < 1.29 is 28.5 Å². The fourth-order valence-electron chi connectivity index (χ4n) is 3.08. The van der Waals surface area contributed by atoms with Crippen LogP contribution >= 0.6 is 0 Å². The molecule has 0 N–H and O–H groups in total. The number of hydrogen-bond donors (Lipinski definition) is 0. The van der Waals surface area contributed by atoms with E-state index in [1.165, 1.54) is 7.11 Å². The molecule has 0 saturated carbocycles. The third kappa shape index (κ3) is 10.3. The van der Waals surface area contributed by atoms with Gasteiger partial charge in [-0.3, -0.25) is 4.99 Å². The van der Waals surface area contributed by atoms with Crippen LogP contribution in [-0.4, -0.2) is 65.3 Å². The summed E-state index contributed by atoms with van der Waals surface area (Å²) < 4.78 is 27.3. The normalized spacial score (nSPS) is 11.2. The molecule has 190 valence electrons. The Morgan fingerprint density at radius 2 is 1.49 bits per heavy atom. The van der Waals surface area contributed by atoms with Gasteiger partial charge in [0.05, 0.1) is 40.1 Å². The second-order valence-electron chi connectivity index (χ2n) is 7.49. The first-order valence-electron chi connectivity index (χ1n) is 11.8. The van der Waals surface area contributed by atoms with E-state index in [2.05, 4.69) is 16.7 Å². The highest BCUT2D eigenvalue weighted by molar-refractivity contribution is 5.92. The van der Waals surface area contributed by atoms with E-state index in [0.29, 0.717) is 57.5 Å². The number of aryl methyl sites for hydroxylation is 1. The van der Waals surface area contributed by atoms with E-state index >= 15 is 0 Å². The quantitative estimate of drug-likeness (QED) is 0.150. The Morgan fingerprint density at radius 1 is 0.857 bits per heavy atom. The number of methoxy groups -OCH3 is 1. The largest absolute Gasteiger partial charge is 0.491 e. The van der Waals surface area contributed by atoms with Crippen molar-refractivity contribution in [3.63, 3.8) is 0 Å². The van der Waals surface area contributed by atoms with Crippen molar-refractivity contribution in [3.05, 3.63) is 59.2 Å². The minimum Gasteiger partial charge on any atom is -0.491 e. The summed E-state index contributed by atoms with van der Waals surface area (Å²) in [6.45, 7) is 10.7. The Labute approximate surface area is 207 Å². The minimum atomic E-state index is -0.420. The second-order valence-corrected chi connectivity index (χ2v) is 7.49. The molecule has 0 spiro atoms. The smallest absolute Gasteiger partial charge is 0.341 e.